The minimum Gasteiger partial charge on any atom is -0.444 e. The van der Waals surface area contributed by atoms with Crippen molar-refractivity contribution >= 4 is 6.09 Å². The highest BCUT2D eigenvalue weighted by molar-refractivity contribution is 5.66. The lowest BCUT2D eigenvalue weighted by Gasteiger charge is -2.03. The van der Waals surface area contributed by atoms with Crippen molar-refractivity contribution in [1.82, 2.24) is 5.43 Å². The summed E-state index contributed by atoms with van der Waals surface area (Å²) in [6, 6.07) is 0. The summed E-state index contributed by atoms with van der Waals surface area (Å²) in [5.74, 6) is 4.90. The van der Waals surface area contributed by atoms with E-state index in [1.807, 2.05) is 18.4 Å². The van der Waals surface area contributed by atoms with Gasteiger partial charge < -0.3 is 4.74 Å². The molecular weight excluding hydrogens is 252 g/mol. The van der Waals surface area contributed by atoms with Crippen LogP contribution >= 0.6 is 0 Å². The Kier molecular flexibility index (Phi) is 10.4. The summed E-state index contributed by atoms with van der Waals surface area (Å²) >= 11 is 0. The van der Waals surface area contributed by atoms with Crippen LogP contribution in [0.3, 0.4) is 0 Å². The molecule has 0 bridgehead atoms. The highest BCUT2D eigenvalue weighted by Gasteiger charge is 1.95. The third-order valence-electron chi connectivity index (χ3n) is 2.89. The van der Waals surface area contributed by atoms with E-state index in [4.69, 9.17) is 10.6 Å². The van der Waals surface area contributed by atoms with E-state index in [2.05, 4.69) is 32.9 Å². The van der Waals surface area contributed by atoms with E-state index in [1.54, 1.807) is 0 Å². The average Bonchev–Trinajstić information content (AvgIpc) is 2.38. The summed E-state index contributed by atoms with van der Waals surface area (Å²) in [6.07, 6.45) is 10.1. The molecule has 0 spiro atoms. The summed E-state index contributed by atoms with van der Waals surface area (Å²) in [5, 5.41) is 0. The molecule has 3 N–H and O–H groups in total. The van der Waals surface area contributed by atoms with Crippen LogP contribution in [0.15, 0.2) is 34.9 Å². The van der Waals surface area contributed by atoms with E-state index in [-0.39, 0.29) is 6.61 Å². The Morgan fingerprint density at radius 2 is 1.55 bits per heavy atom. The van der Waals surface area contributed by atoms with Crippen LogP contribution in [0.5, 0.6) is 0 Å². The fourth-order valence-corrected chi connectivity index (χ4v) is 1.64. The minimum absolute atomic E-state index is 0.262. The minimum atomic E-state index is -0.607. The number of hydrogen-bond donors (Lipinski definition) is 2. The van der Waals surface area contributed by atoms with Gasteiger partial charge in [0.05, 0.1) is 0 Å². The Labute approximate surface area is 122 Å². The molecule has 0 saturated carbocycles. The molecule has 0 atom stereocenters. The lowest BCUT2D eigenvalue weighted by molar-refractivity contribution is 0.158. The molecule has 0 aromatic carbocycles. The van der Waals surface area contributed by atoms with Gasteiger partial charge in [-0.25, -0.2) is 10.6 Å². The fraction of sp³-hybridized carbons (Fsp3) is 0.562. The zero-order valence-electron chi connectivity index (χ0n) is 13.2. The molecule has 0 radical (unpaired) electrons. The Hall–Kier alpha value is -1.55. The van der Waals surface area contributed by atoms with Crippen molar-refractivity contribution < 1.29 is 9.53 Å². The standard InChI is InChI=1S/C16H28N2O2/c1-13(2)7-5-8-14(3)9-6-10-15(4)11-12-20-16(19)18-17/h7,9,11H,5-6,8,10,12,17H2,1-4H3,(H,18,19)/b14-9+,15-11+. The number of hydrogen-bond acceptors (Lipinski definition) is 3. The van der Waals surface area contributed by atoms with Crippen LogP contribution in [-0.4, -0.2) is 12.7 Å². The molecule has 0 saturated heterocycles. The van der Waals surface area contributed by atoms with Gasteiger partial charge in [-0.05, 0) is 59.5 Å². The van der Waals surface area contributed by atoms with Crippen LogP contribution in [-0.2, 0) is 4.74 Å². The monoisotopic (exact) mass is 280 g/mol. The number of nitrogens with one attached hydrogen (secondary N) is 1. The lowest BCUT2D eigenvalue weighted by atomic mass is 10.1. The van der Waals surface area contributed by atoms with Crippen molar-refractivity contribution in [2.24, 2.45) is 5.84 Å². The van der Waals surface area contributed by atoms with Crippen molar-refractivity contribution in [1.29, 1.82) is 0 Å². The molecule has 0 aliphatic carbocycles. The second-order valence-corrected chi connectivity index (χ2v) is 5.20. The van der Waals surface area contributed by atoms with Gasteiger partial charge in [-0.2, -0.15) is 0 Å². The number of nitrogens with two attached hydrogens (primary N) is 1. The number of amides is 1. The van der Waals surface area contributed by atoms with Crippen LogP contribution in [0.4, 0.5) is 4.79 Å². The molecule has 0 rings (SSSR count). The van der Waals surface area contributed by atoms with Crippen molar-refractivity contribution in [3.8, 4) is 0 Å². The molecule has 114 valence electrons. The SMILES string of the molecule is CC(C)=CCC/C(C)=C/CC/C(C)=C/COC(=O)NN. The first-order valence-corrected chi connectivity index (χ1v) is 7.03. The topological polar surface area (TPSA) is 64.3 Å². The van der Waals surface area contributed by atoms with Crippen LogP contribution in [0.25, 0.3) is 0 Å². The number of allylic oxidation sites excluding steroid dienone is 5. The molecule has 0 fully saturated rings. The van der Waals surface area contributed by atoms with Gasteiger partial charge in [0.15, 0.2) is 0 Å². The van der Waals surface area contributed by atoms with E-state index >= 15 is 0 Å². The summed E-state index contributed by atoms with van der Waals surface area (Å²) < 4.78 is 4.79. The first kappa shape index (κ1) is 18.4. The van der Waals surface area contributed by atoms with E-state index in [0.29, 0.717) is 0 Å². The Morgan fingerprint density at radius 1 is 1.00 bits per heavy atom. The van der Waals surface area contributed by atoms with Crippen molar-refractivity contribution in [2.45, 2.75) is 53.4 Å². The first-order chi connectivity index (χ1) is 9.45. The van der Waals surface area contributed by atoms with Gasteiger partial charge in [-0.3, -0.25) is 5.43 Å². The normalized spacial score (nSPS) is 12.1. The van der Waals surface area contributed by atoms with Gasteiger partial charge in [0.2, 0.25) is 0 Å². The number of carbonyl (C=O) groups excluding carboxylic acids is 1. The maximum atomic E-state index is 10.7. The van der Waals surface area contributed by atoms with Crippen LogP contribution in [0.1, 0.15) is 53.4 Å². The average molecular weight is 280 g/mol. The molecule has 0 aromatic rings. The van der Waals surface area contributed by atoms with Gasteiger partial charge >= 0.3 is 6.09 Å². The van der Waals surface area contributed by atoms with Crippen molar-refractivity contribution in [3.63, 3.8) is 0 Å². The number of hydrazine groups is 1. The quantitative estimate of drug-likeness (QED) is 0.305. The molecule has 0 aromatic heterocycles. The van der Waals surface area contributed by atoms with E-state index in [0.717, 1.165) is 25.7 Å². The highest BCUT2D eigenvalue weighted by Crippen LogP contribution is 2.11. The zero-order valence-corrected chi connectivity index (χ0v) is 13.2. The summed E-state index contributed by atoms with van der Waals surface area (Å²) in [7, 11) is 0. The predicted molar refractivity (Wildman–Crippen MR) is 84.1 cm³/mol. The summed E-state index contributed by atoms with van der Waals surface area (Å²) in [5.41, 5.74) is 5.93. The van der Waals surface area contributed by atoms with E-state index in [1.165, 1.54) is 16.7 Å². The van der Waals surface area contributed by atoms with Crippen LogP contribution in [0.2, 0.25) is 0 Å². The predicted octanol–water partition coefficient (Wildman–Crippen LogP) is 4.01. The maximum Gasteiger partial charge on any atom is 0.421 e. The highest BCUT2D eigenvalue weighted by atomic mass is 16.5. The van der Waals surface area contributed by atoms with E-state index < -0.39 is 6.09 Å². The van der Waals surface area contributed by atoms with Crippen LogP contribution in [0, 0.1) is 0 Å². The Bertz CT molecular complexity index is 378. The zero-order chi connectivity index (χ0) is 15.4. The first-order valence-electron chi connectivity index (χ1n) is 7.03. The Morgan fingerprint density at radius 3 is 2.10 bits per heavy atom. The number of rotatable bonds is 8. The van der Waals surface area contributed by atoms with Crippen molar-refractivity contribution in [3.05, 3.63) is 34.9 Å². The van der Waals surface area contributed by atoms with Gasteiger partial charge in [0.25, 0.3) is 0 Å². The van der Waals surface area contributed by atoms with E-state index in [9.17, 15) is 4.79 Å². The smallest absolute Gasteiger partial charge is 0.421 e. The molecule has 20 heavy (non-hydrogen) atoms. The molecule has 4 nitrogen and oxygen atoms in total. The number of ether oxygens (including phenoxy) is 1. The van der Waals surface area contributed by atoms with Gasteiger partial charge in [0, 0.05) is 0 Å². The molecule has 0 aliphatic rings. The molecule has 4 heteroatoms. The summed E-state index contributed by atoms with van der Waals surface area (Å²) in [4.78, 5) is 10.7. The van der Waals surface area contributed by atoms with Gasteiger partial charge in [0.1, 0.15) is 6.61 Å². The fourth-order valence-electron chi connectivity index (χ4n) is 1.64. The lowest BCUT2D eigenvalue weighted by Crippen LogP contribution is -2.30. The molecule has 0 unspecified atom stereocenters. The molecule has 0 aliphatic heterocycles. The third-order valence-corrected chi connectivity index (χ3v) is 2.89. The second-order valence-electron chi connectivity index (χ2n) is 5.20. The third kappa shape index (κ3) is 11.5. The maximum absolute atomic E-state index is 10.7. The summed E-state index contributed by atoms with van der Waals surface area (Å²) in [6.45, 7) is 8.72. The largest absolute Gasteiger partial charge is 0.444 e. The molecular formula is C16H28N2O2. The number of carbonyl (C=O) groups is 1. The second kappa shape index (κ2) is 11.3. The Balaban J connectivity index is 3.88. The molecule has 1 amide bonds. The van der Waals surface area contributed by atoms with Crippen LogP contribution < -0.4 is 11.3 Å². The van der Waals surface area contributed by atoms with Gasteiger partial charge in [-0.1, -0.05) is 28.9 Å². The van der Waals surface area contributed by atoms with Gasteiger partial charge in [-0.15, -0.1) is 0 Å². The molecule has 0 heterocycles. The van der Waals surface area contributed by atoms with Crippen molar-refractivity contribution in [2.75, 3.05) is 6.61 Å².